The van der Waals surface area contributed by atoms with Gasteiger partial charge in [0.1, 0.15) is 11.6 Å². The predicted molar refractivity (Wildman–Crippen MR) is 73.7 cm³/mol. The van der Waals surface area contributed by atoms with Gasteiger partial charge < -0.3 is 0 Å². The molecule has 0 aliphatic heterocycles. The summed E-state index contributed by atoms with van der Waals surface area (Å²) in [4.78, 5) is 12.6. The number of Topliss-reactive ketones (excluding diaryl/α,β-unsaturated/α-hetero) is 1. The Hall–Kier alpha value is -1.89. The third-order valence-electron chi connectivity index (χ3n) is 2.27. The lowest BCUT2D eigenvalue weighted by Gasteiger charge is -1.97. The lowest BCUT2D eigenvalue weighted by Crippen LogP contribution is -1.98. The Kier molecular flexibility index (Phi) is 3.93. The van der Waals surface area contributed by atoms with E-state index in [1.165, 1.54) is 11.3 Å². The van der Waals surface area contributed by atoms with Crippen LogP contribution in [0.5, 0.6) is 0 Å². The zero-order valence-corrected chi connectivity index (χ0v) is 10.8. The van der Waals surface area contributed by atoms with Crippen molar-refractivity contribution >= 4 is 34.8 Å². The van der Waals surface area contributed by atoms with Gasteiger partial charge in [0, 0.05) is 5.02 Å². The van der Waals surface area contributed by atoms with Crippen molar-refractivity contribution in [3.8, 4) is 6.07 Å². The lowest BCUT2D eigenvalue weighted by molar-refractivity contribution is 0.104. The van der Waals surface area contributed by atoms with E-state index in [0.717, 1.165) is 5.56 Å². The van der Waals surface area contributed by atoms with E-state index in [4.69, 9.17) is 16.9 Å². The third-order valence-corrected chi connectivity index (χ3v) is 3.37. The van der Waals surface area contributed by atoms with E-state index in [1.54, 1.807) is 42.5 Å². The molecule has 2 nitrogen and oxygen atoms in total. The van der Waals surface area contributed by atoms with Crippen LogP contribution in [0.1, 0.15) is 15.2 Å². The van der Waals surface area contributed by atoms with E-state index in [0.29, 0.717) is 9.90 Å². The molecule has 0 spiro atoms. The Balaban J connectivity index is 2.35. The summed E-state index contributed by atoms with van der Waals surface area (Å²) in [6.45, 7) is 0. The van der Waals surface area contributed by atoms with Crippen LogP contribution in [0.4, 0.5) is 0 Å². The molecule has 0 bridgehead atoms. The van der Waals surface area contributed by atoms with Crippen molar-refractivity contribution in [3.05, 3.63) is 62.8 Å². The highest BCUT2D eigenvalue weighted by Gasteiger charge is 2.12. The molecule has 1 heterocycles. The van der Waals surface area contributed by atoms with E-state index in [2.05, 4.69) is 0 Å². The van der Waals surface area contributed by atoms with Crippen LogP contribution in [0, 0.1) is 11.3 Å². The van der Waals surface area contributed by atoms with Crippen molar-refractivity contribution in [3.63, 3.8) is 0 Å². The van der Waals surface area contributed by atoms with Crippen molar-refractivity contribution < 1.29 is 4.79 Å². The molecule has 2 aromatic rings. The van der Waals surface area contributed by atoms with E-state index >= 15 is 0 Å². The number of hydrogen-bond donors (Lipinski definition) is 0. The van der Waals surface area contributed by atoms with Gasteiger partial charge in [0.15, 0.2) is 0 Å². The fourth-order valence-corrected chi connectivity index (χ4v) is 2.33. The fraction of sp³-hybridized carbons (Fsp3) is 0. The molecule has 0 aliphatic rings. The molecule has 0 saturated carbocycles. The summed E-state index contributed by atoms with van der Waals surface area (Å²) in [5.41, 5.74) is 0.851. The maximum absolute atomic E-state index is 12.0. The first-order chi connectivity index (χ1) is 8.70. The molecule has 0 atom stereocenters. The van der Waals surface area contributed by atoms with Gasteiger partial charge in [-0.1, -0.05) is 29.8 Å². The minimum atomic E-state index is -0.257. The number of rotatable bonds is 3. The van der Waals surface area contributed by atoms with Gasteiger partial charge in [0.25, 0.3) is 0 Å². The van der Waals surface area contributed by atoms with Crippen molar-refractivity contribution in [1.82, 2.24) is 0 Å². The Morgan fingerprint density at radius 2 is 2.17 bits per heavy atom. The summed E-state index contributed by atoms with van der Waals surface area (Å²) in [5.74, 6) is -0.257. The van der Waals surface area contributed by atoms with Gasteiger partial charge in [-0.05, 0) is 35.2 Å². The second-order valence-electron chi connectivity index (χ2n) is 3.53. The topological polar surface area (TPSA) is 40.9 Å². The van der Waals surface area contributed by atoms with Crippen molar-refractivity contribution in [1.29, 1.82) is 5.26 Å². The fourth-order valence-electron chi connectivity index (χ4n) is 1.45. The van der Waals surface area contributed by atoms with Crippen LogP contribution in [0.25, 0.3) is 6.08 Å². The molecule has 0 aliphatic carbocycles. The predicted octanol–water partition coefficient (Wildman–Crippen LogP) is 4.19. The van der Waals surface area contributed by atoms with E-state index in [1.807, 2.05) is 11.4 Å². The summed E-state index contributed by atoms with van der Waals surface area (Å²) in [6, 6.07) is 12.4. The summed E-state index contributed by atoms with van der Waals surface area (Å²) >= 11 is 7.18. The number of ketones is 1. The van der Waals surface area contributed by atoms with Crippen molar-refractivity contribution in [2.75, 3.05) is 0 Å². The average Bonchev–Trinajstić information content (AvgIpc) is 2.89. The summed E-state index contributed by atoms with van der Waals surface area (Å²) in [6.07, 6.45) is 1.55. The summed E-state index contributed by atoms with van der Waals surface area (Å²) < 4.78 is 0. The van der Waals surface area contributed by atoms with Gasteiger partial charge in [0.05, 0.1) is 4.88 Å². The van der Waals surface area contributed by atoms with Crippen LogP contribution in [-0.4, -0.2) is 5.78 Å². The maximum Gasteiger partial charge on any atom is 0.213 e. The molecule has 4 heteroatoms. The Labute approximate surface area is 114 Å². The quantitative estimate of drug-likeness (QED) is 0.478. The Bertz CT molecular complexity index is 638. The molecule has 1 aromatic heterocycles. The molecule has 0 N–H and O–H groups in total. The van der Waals surface area contributed by atoms with Gasteiger partial charge in [-0.25, -0.2) is 0 Å². The van der Waals surface area contributed by atoms with E-state index < -0.39 is 0 Å². The highest BCUT2D eigenvalue weighted by molar-refractivity contribution is 7.12. The maximum atomic E-state index is 12.0. The lowest BCUT2D eigenvalue weighted by atomic mass is 10.1. The monoisotopic (exact) mass is 273 g/mol. The number of carbonyl (C=O) groups excluding carboxylic acids is 1. The largest absolute Gasteiger partial charge is 0.287 e. The first-order valence-electron chi connectivity index (χ1n) is 5.16. The number of allylic oxidation sites excluding steroid dienone is 1. The SMILES string of the molecule is N#C/C(=C\c1cccc(Cl)c1)C(=O)c1cccs1. The standard InChI is InChI=1S/C14H8ClNOS/c15-12-4-1-3-10(8-12)7-11(9-16)14(17)13-5-2-6-18-13/h1-8H/b11-7+. The molecular weight excluding hydrogens is 266 g/mol. The van der Waals surface area contributed by atoms with Gasteiger partial charge in [-0.15, -0.1) is 11.3 Å². The second kappa shape index (κ2) is 5.63. The average molecular weight is 274 g/mol. The first kappa shape index (κ1) is 12.6. The first-order valence-corrected chi connectivity index (χ1v) is 6.42. The van der Waals surface area contributed by atoms with Crippen LogP contribution in [-0.2, 0) is 0 Å². The zero-order valence-electron chi connectivity index (χ0n) is 9.26. The van der Waals surface area contributed by atoms with Gasteiger partial charge >= 0.3 is 0 Å². The zero-order chi connectivity index (χ0) is 13.0. The van der Waals surface area contributed by atoms with Gasteiger partial charge in [0.2, 0.25) is 5.78 Å². The number of benzene rings is 1. The van der Waals surface area contributed by atoms with Crippen LogP contribution >= 0.6 is 22.9 Å². The van der Waals surface area contributed by atoms with Crippen LogP contribution in [0.2, 0.25) is 5.02 Å². The molecule has 2 rings (SSSR count). The van der Waals surface area contributed by atoms with Gasteiger partial charge in [-0.2, -0.15) is 5.26 Å². The van der Waals surface area contributed by atoms with Crippen molar-refractivity contribution in [2.24, 2.45) is 0 Å². The molecule has 0 radical (unpaired) electrons. The van der Waals surface area contributed by atoms with E-state index in [-0.39, 0.29) is 11.4 Å². The number of carbonyl (C=O) groups is 1. The van der Waals surface area contributed by atoms with Crippen molar-refractivity contribution in [2.45, 2.75) is 0 Å². The number of nitriles is 1. The minimum Gasteiger partial charge on any atom is -0.287 e. The molecule has 0 saturated heterocycles. The molecular formula is C14H8ClNOS. The molecule has 1 aromatic carbocycles. The normalized spacial score (nSPS) is 11.0. The second-order valence-corrected chi connectivity index (χ2v) is 4.92. The highest BCUT2D eigenvalue weighted by atomic mass is 35.5. The summed E-state index contributed by atoms with van der Waals surface area (Å²) in [5, 5.41) is 11.4. The number of nitrogens with zero attached hydrogens (tertiary/aromatic N) is 1. The molecule has 0 amide bonds. The number of thiophene rings is 1. The van der Waals surface area contributed by atoms with Gasteiger partial charge in [-0.3, -0.25) is 4.79 Å². The Morgan fingerprint density at radius 1 is 1.33 bits per heavy atom. The molecule has 0 fully saturated rings. The Morgan fingerprint density at radius 3 is 2.78 bits per heavy atom. The number of halogens is 1. The van der Waals surface area contributed by atoms with Crippen LogP contribution in [0.3, 0.4) is 0 Å². The van der Waals surface area contributed by atoms with Crippen LogP contribution in [0.15, 0.2) is 47.4 Å². The minimum absolute atomic E-state index is 0.111. The van der Waals surface area contributed by atoms with Crippen LogP contribution < -0.4 is 0 Å². The van der Waals surface area contributed by atoms with E-state index in [9.17, 15) is 4.79 Å². The smallest absolute Gasteiger partial charge is 0.213 e. The highest BCUT2D eigenvalue weighted by Crippen LogP contribution is 2.18. The summed E-state index contributed by atoms with van der Waals surface area (Å²) in [7, 11) is 0. The molecule has 0 unspecified atom stereocenters. The third kappa shape index (κ3) is 2.86. The molecule has 88 valence electrons. The molecule has 18 heavy (non-hydrogen) atoms. The number of hydrogen-bond acceptors (Lipinski definition) is 3.